The van der Waals surface area contributed by atoms with E-state index in [1.807, 2.05) is 0 Å². The first-order valence-electron chi connectivity index (χ1n) is 9.51. The van der Waals surface area contributed by atoms with Gasteiger partial charge >= 0.3 is 5.97 Å². The van der Waals surface area contributed by atoms with E-state index in [2.05, 4.69) is 10.3 Å². The largest absolute Gasteiger partial charge is 0.461 e. The molecular formula is C20H20N4O5S. The number of rotatable bonds is 5. The molecule has 2 aromatic rings. The van der Waals surface area contributed by atoms with E-state index in [9.17, 15) is 19.2 Å². The van der Waals surface area contributed by atoms with Crippen molar-refractivity contribution in [2.75, 3.05) is 23.4 Å². The van der Waals surface area contributed by atoms with E-state index in [4.69, 9.17) is 4.74 Å². The minimum atomic E-state index is -0.918. The van der Waals surface area contributed by atoms with Crippen molar-refractivity contribution >= 4 is 45.8 Å². The van der Waals surface area contributed by atoms with Crippen molar-refractivity contribution in [2.24, 2.45) is 0 Å². The number of para-hydroxylation sites is 1. The summed E-state index contributed by atoms with van der Waals surface area (Å²) in [6.45, 7) is 3.46. The van der Waals surface area contributed by atoms with Crippen molar-refractivity contribution in [2.45, 2.75) is 32.4 Å². The number of thiazole rings is 1. The van der Waals surface area contributed by atoms with Crippen LogP contribution in [0.15, 0.2) is 29.6 Å². The van der Waals surface area contributed by atoms with Crippen LogP contribution in [0.25, 0.3) is 0 Å². The maximum atomic E-state index is 13.2. The van der Waals surface area contributed by atoms with Gasteiger partial charge in [-0.3, -0.25) is 19.3 Å². The van der Waals surface area contributed by atoms with Crippen LogP contribution in [0, 0.1) is 0 Å². The second-order valence-corrected chi connectivity index (χ2v) is 8.02. The van der Waals surface area contributed by atoms with Gasteiger partial charge < -0.3 is 15.0 Å². The number of carbonyl (C=O) groups excluding carboxylic acids is 4. The van der Waals surface area contributed by atoms with Crippen molar-refractivity contribution in [3.63, 3.8) is 0 Å². The Morgan fingerprint density at radius 3 is 2.83 bits per heavy atom. The van der Waals surface area contributed by atoms with Crippen LogP contribution in [-0.2, 0) is 14.3 Å². The van der Waals surface area contributed by atoms with Crippen LogP contribution in [0.4, 0.5) is 10.8 Å². The summed E-state index contributed by atoms with van der Waals surface area (Å²) in [7, 11) is 0. The molecule has 3 amide bonds. The van der Waals surface area contributed by atoms with Crippen LogP contribution in [-0.4, -0.2) is 52.4 Å². The van der Waals surface area contributed by atoms with E-state index in [1.54, 1.807) is 43.0 Å². The summed E-state index contributed by atoms with van der Waals surface area (Å²) in [6, 6.07) is 6.91. The van der Waals surface area contributed by atoms with E-state index in [0.717, 1.165) is 11.3 Å². The number of hydrogen-bond donors (Lipinski definition) is 1. The van der Waals surface area contributed by atoms with Gasteiger partial charge in [-0.25, -0.2) is 9.78 Å². The molecule has 156 valence electrons. The van der Waals surface area contributed by atoms with Gasteiger partial charge in [-0.1, -0.05) is 12.1 Å². The Morgan fingerprint density at radius 1 is 1.30 bits per heavy atom. The van der Waals surface area contributed by atoms with Crippen molar-refractivity contribution in [3.8, 4) is 0 Å². The Labute approximate surface area is 176 Å². The summed E-state index contributed by atoms with van der Waals surface area (Å²) in [5, 5.41) is 4.35. The van der Waals surface area contributed by atoms with Gasteiger partial charge in [-0.05, 0) is 32.4 Å². The molecule has 4 rings (SSSR count). The molecule has 30 heavy (non-hydrogen) atoms. The molecule has 1 saturated heterocycles. The molecule has 1 fully saturated rings. The monoisotopic (exact) mass is 428 g/mol. The summed E-state index contributed by atoms with van der Waals surface area (Å²) >= 11 is 1.09. The molecule has 1 aromatic carbocycles. The first-order chi connectivity index (χ1) is 14.3. The normalized spacial score (nSPS) is 20.1. The highest BCUT2D eigenvalue weighted by Crippen LogP contribution is 2.43. The van der Waals surface area contributed by atoms with Gasteiger partial charge in [0.2, 0.25) is 11.8 Å². The van der Waals surface area contributed by atoms with Crippen LogP contribution in [0.2, 0.25) is 0 Å². The summed E-state index contributed by atoms with van der Waals surface area (Å²) in [6.07, 6.45) is 0.731. The second kappa shape index (κ2) is 7.52. The fourth-order valence-corrected chi connectivity index (χ4v) is 4.57. The first kappa shape index (κ1) is 20.0. The van der Waals surface area contributed by atoms with Crippen molar-refractivity contribution in [3.05, 3.63) is 40.9 Å². The molecule has 2 aliphatic rings. The lowest BCUT2D eigenvalue weighted by Crippen LogP contribution is -2.63. The molecule has 2 aliphatic heterocycles. The third-order valence-electron chi connectivity index (χ3n) is 5.28. The molecule has 1 aromatic heterocycles. The van der Waals surface area contributed by atoms with Crippen LogP contribution >= 0.6 is 11.3 Å². The minimum absolute atomic E-state index is 0.0816. The van der Waals surface area contributed by atoms with Crippen LogP contribution in [0.1, 0.15) is 47.5 Å². The van der Waals surface area contributed by atoms with E-state index >= 15 is 0 Å². The number of esters is 1. The highest BCUT2D eigenvalue weighted by Gasteiger charge is 2.53. The zero-order chi connectivity index (χ0) is 21.5. The number of benzene rings is 1. The predicted molar refractivity (Wildman–Crippen MR) is 109 cm³/mol. The highest BCUT2D eigenvalue weighted by molar-refractivity contribution is 7.14. The summed E-state index contributed by atoms with van der Waals surface area (Å²) in [4.78, 5) is 57.2. The molecule has 3 heterocycles. The lowest BCUT2D eigenvalue weighted by molar-refractivity contribution is -0.120. The molecule has 0 saturated carbocycles. The number of amides is 3. The number of fused-ring (bicyclic) bond motifs is 3. The second-order valence-electron chi connectivity index (χ2n) is 7.16. The zero-order valence-corrected chi connectivity index (χ0v) is 17.3. The predicted octanol–water partition coefficient (Wildman–Crippen LogP) is 2.26. The summed E-state index contributed by atoms with van der Waals surface area (Å²) < 4.78 is 4.89. The Kier molecular flexibility index (Phi) is 5.02. The molecule has 0 bridgehead atoms. The molecule has 0 radical (unpaired) electrons. The Balaban J connectivity index is 1.55. The highest BCUT2D eigenvalue weighted by atomic mass is 32.1. The molecule has 1 atom stereocenters. The van der Waals surface area contributed by atoms with Crippen molar-refractivity contribution < 1.29 is 23.9 Å². The maximum Gasteiger partial charge on any atom is 0.357 e. The smallest absolute Gasteiger partial charge is 0.357 e. The van der Waals surface area contributed by atoms with E-state index in [1.165, 1.54) is 10.3 Å². The Hall–Kier alpha value is -3.27. The lowest BCUT2D eigenvalue weighted by atomic mass is 9.98. The van der Waals surface area contributed by atoms with Crippen LogP contribution in [0.5, 0.6) is 0 Å². The van der Waals surface area contributed by atoms with Gasteiger partial charge in [-0.2, -0.15) is 0 Å². The van der Waals surface area contributed by atoms with Crippen molar-refractivity contribution in [1.82, 2.24) is 9.88 Å². The van der Waals surface area contributed by atoms with E-state index in [-0.39, 0.29) is 35.8 Å². The van der Waals surface area contributed by atoms with Gasteiger partial charge in [0.15, 0.2) is 10.8 Å². The quantitative estimate of drug-likeness (QED) is 0.732. The van der Waals surface area contributed by atoms with Gasteiger partial charge in [-0.15, -0.1) is 11.3 Å². The third-order valence-corrected chi connectivity index (χ3v) is 6.04. The SMILES string of the molecule is CCOC(=O)c1csc(NC(=O)CN2C(=O)c3ccccc3N3C(=O)CCC23C)n1. The van der Waals surface area contributed by atoms with E-state index in [0.29, 0.717) is 24.1 Å². The molecule has 10 heteroatoms. The number of carbonyl (C=O) groups is 4. The molecule has 9 nitrogen and oxygen atoms in total. The maximum absolute atomic E-state index is 13.2. The van der Waals surface area contributed by atoms with Crippen LogP contribution in [0.3, 0.4) is 0 Å². The third kappa shape index (κ3) is 3.22. The van der Waals surface area contributed by atoms with Gasteiger partial charge in [0.05, 0.1) is 17.9 Å². The summed E-state index contributed by atoms with van der Waals surface area (Å²) in [5.41, 5.74) is 0.151. The number of anilines is 2. The molecule has 0 aliphatic carbocycles. The van der Waals surface area contributed by atoms with Gasteiger partial charge in [0.1, 0.15) is 12.2 Å². The topological polar surface area (TPSA) is 109 Å². The zero-order valence-electron chi connectivity index (χ0n) is 16.5. The number of hydrogen-bond acceptors (Lipinski definition) is 7. The average Bonchev–Trinajstić information content (AvgIpc) is 3.30. The number of nitrogens with one attached hydrogen (secondary N) is 1. The first-order valence-corrected chi connectivity index (χ1v) is 10.4. The fraction of sp³-hybridized carbons (Fsp3) is 0.350. The van der Waals surface area contributed by atoms with E-state index < -0.39 is 17.5 Å². The van der Waals surface area contributed by atoms with Gasteiger partial charge in [0.25, 0.3) is 5.91 Å². The number of nitrogens with zero attached hydrogens (tertiary/aromatic N) is 3. The number of ether oxygens (including phenoxy) is 1. The molecule has 1 N–H and O–H groups in total. The van der Waals surface area contributed by atoms with Gasteiger partial charge in [0, 0.05) is 11.8 Å². The fourth-order valence-electron chi connectivity index (χ4n) is 3.87. The minimum Gasteiger partial charge on any atom is -0.461 e. The molecule has 1 unspecified atom stereocenters. The number of aromatic nitrogens is 1. The Bertz CT molecular complexity index is 1050. The average molecular weight is 428 g/mol. The Morgan fingerprint density at radius 2 is 2.07 bits per heavy atom. The van der Waals surface area contributed by atoms with Crippen molar-refractivity contribution in [1.29, 1.82) is 0 Å². The molecule has 0 spiro atoms. The molecular weight excluding hydrogens is 408 g/mol. The standard InChI is InChI=1S/C20H20N4O5S/c1-3-29-18(28)13-11-30-19(21-13)22-15(25)10-23-17(27)12-6-4-5-7-14(12)24-16(26)8-9-20(23,24)2/h4-7,11H,3,8-10H2,1-2H3,(H,21,22,25). The summed E-state index contributed by atoms with van der Waals surface area (Å²) in [5.74, 6) is -1.42. The lowest BCUT2D eigenvalue weighted by Gasteiger charge is -2.48. The van der Waals surface area contributed by atoms with Crippen LogP contribution < -0.4 is 10.2 Å².